The summed E-state index contributed by atoms with van der Waals surface area (Å²) in [6.45, 7) is 24.1. The van der Waals surface area contributed by atoms with Gasteiger partial charge >= 0.3 is 0 Å². The second-order valence-corrected chi connectivity index (χ2v) is 24.6. The highest BCUT2D eigenvalue weighted by atomic mass is 35.5. The van der Waals surface area contributed by atoms with Gasteiger partial charge in [0.1, 0.15) is 0 Å². The Kier molecular flexibility index (Phi) is 15.4. The third-order valence-electron chi connectivity index (χ3n) is 8.11. The highest BCUT2D eigenvalue weighted by molar-refractivity contribution is 6.74. The molecule has 42 heavy (non-hydrogen) atoms. The molecular formula is C30H48Cl4N4O2Si2. The predicted octanol–water partition coefficient (Wildman–Crippen LogP) is 11.4. The summed E-state index contributed by atoms with van der Waals surface area (Å²) in [5.41, 5.74) is 17.9. The van der Waals surface area contributed by atoms with Crippen molar-refractivity contribution in [2.45, 2.75) is 104 Å². The molecule has 2 N–H and O–H groups in total. The first-order chi connectivity index (χ1) is 19.2. The van der Waals surface area contributed by atoms with Crippen LogP contribution in [0.25, 0.3) is 10.4 Å². The van der Waals surface area contributed by atoms with Crippen LogP contribution >= 0.6 is 46.4 Å². The molecule has 12 heteroatoms. The molecule has 0 saturated carbocycles. The summed E-state index contributed by atoms with van der Waals surface area (Å²) in [4.78, 5) is 2.76. The summed E-state index contributed by atoms with van der Waals surface area (Å²) < 4.78 is 12.4. The third-order valence-corrected chi connectivity index (χ3v) is 18.8. The topological polar surface area (TPSA) is 93.2 Å². The summed E-state index contributed by atoms with van der Waals surface area (Å²) >= 11 is 24.9. The fourth-order valence-corrected chi connectivity index (χ4v) is 6.00. The summed E-state index contributed by atoms with van der Waals surface area (Å²) in [5.74, 6) is 0. The lowest BCUT2D eigenvalue weighted by Gasteiger charge is -2.36. The lowest BCUT2D eigenvalue weighted by atomic mass is 10.1. The number of hydrogen-bond acceptors (Lipinski definition) is 4. The van der Waals surface area contributed by atoms with Crippen molar-refractivity contribution < 1.29 is 8.85 Å². The predicted molar refractivity (Wildman–Crippen MR) is 187 cm³/mol. The van der Waals surface area contributed by atoms with E-state index in [1.165, 1.54) is 0 Å². The summed E-state index contributed by atoms with van der Waals surface area (Å²) in [5, 5.41) is 6.07. The Morgan fingerprint density at radius 2 is 1.12 bits per heavy atom. The zero-order valence-corrected chi connectivity index (χ0v) is 31.8. The molecule has 0 amide bonds. The van der Waals surface area contributed by atoms with E-state index in [1.807, 2.05) is 24.3 Å². The summed E-state index contributed by atoms with van der Waals surface area (Å²) in [6.07, 6.45) is 1.43. The van der Waals surface area contributed by atoms with E-state index >= 15 is 0 Å². The molecule has 0 aliphatic rings. The van der Waals surface area contributed by atoms with Gasteiger partial charge in [-0.05, 0) is 95.6 Å². The smallest absolute Gasteiger partial charge is 0.192 e. The molecule has 2 aromatic rings. The molecule has 0 heterocycles. The Hall–Kier alpha value is -0.776. The Labute approximate surface area is 275 Å². The number of hydrogen-bond donors (Lipinski definition) is 1. The minimum atomic E-state index is -1.84. The van der Waals surface area contributed by atoms with Gasteiger partial charge in [0.05, 0.1) is 33.3 Å². The minimum absolute atomic E-state index is 0.141. The van der Waals surface area contributed by atoms with E-state index in [2.05, 4.69) is 77.8 Å². The van der Waals surface area contributed by atoms with Gasteiger partial charge in [-0.25, -0.2) is 0 Å². The normalized spacial score (nSPS) is 12.5. The fraction of sp³-hybridized carbons (Fsp3) is 0.600. The van der Waals surface area contributed by atoms with Gasteiger partial charge in [-0.3, -0.25) is 0 Å². The Morgan fingerprint density at radius 3 is 1.45 bits per heavy atom. The third kappa shape index (κ3) is 12.0. The van der Waals surface area contributed by atoms with Crippen LogP contribution in [0.3, 0.4) is 0 Å². The molecule has 2 rings (SSSR count). The molecule has 0 saturated heterocycles. The SMILES string of the molecule is CC(C)(C)[Si](C)(C)OCc1cc(CCN)cc(Cl)c1Cl.CC(C)(C)[Si](C)(C)OCc1cc(CCN=[N+]=[N-])cc(Cl)c1Cl. The van der Waals surface area contributed by atoms with Gasteiger partial charge in [0.2, 0.25) is 0 Å². The molecule has 0 aliphatic heterocycles. The average Bonchev–Trinajstić information content (AvgIpc) is 2.86. The van der Waals surface area contributed by atoms with E-state index in [9.17, 15) is 0 Å². The van der Waals surface area contributed by atoms with E-state index in [0.29, 0.717) is 52.8 Å². The van der Waals surface area contributed by atoms with Crippen LogP contribution in [0.2, 0.25) is 56.4 Å². The van der Waals surface area contributed by atoms with Crippen molar-refractivity contribution in [1.82, 2.24) is 0 Å². The number of nitrogens with two attached hydrogens (primary N) is 1. The quantitative estimate of drug-likeness (QED) is 0.110. The number of benzene rings is 2. The van der Waals surface area contributed by atoms with Crippen molar-refractivity contribution in [3.05, 3.63) is 77.1 Å². The molecule has 0 spiro atoms. The van der Waals surface area contributed by atoms with Crippen LogP contribution in [-0.2, 0) is 34.9 Å². The van der Waals surface area contributed by atoms with Crippen molar-refractivity contribution >= 4 is 63.0 Å². The van der Waals surface area contributed by atoms with Gasteiger partial charge in [0.25, 0.3) is 0 Å². The van der Waals surface area contributed by atoms with Gasteiger partial charge < -0.3 is 14.6 Å². The molecule has 0 radical (unpaired) electrons. The van der Waals surface area contributed by atoms with Gasteiger partial charge in [-0.1, -0.05) is 105 Å². The van der Waals surface area contributed by atoms with Crippen LogP contribution in [-0.4, -0.2) is 29.7 Å². The maximum Gasteiger partial charge on any atom is 0.192 e. The van der Waals surface area contributed by atoms with Crippen molar-refractivity contribution in [1.29, 1.82) is 0 Å². The van der Waals surface area contributed by atoms with Crippen LogP contribution in [0, 0.1) is 0 Å². The highest BCUT2D eigenvalue weighted by Crippen LogP contribution is 2.39. The first-order valence-electron chi connectivity index (χ1n) is 14.1. The largest absolute Gasteiger partial charge is 0.413 e. The molecular weight excluding hydrogens is 646 g/mol. The van der Waals surface area contributed by atoms with Crippen LogP contribution in [0.15, 0.2) is 29.4 Å². The monoisotopic (exact) mass is 692 g/mol. The lowest BCUT2D eigenvalue weighted by Crippen LogP contribution is -2.40. The van der Waals surface area contributed by atoms with Crippen LogP contribution in [0.5, 0.6) is 0 Å². The van der Waals surface area contributed by atoms with E-state index in [1.54, 1.807) is 0 Å². The van der Waals surface area contributed by atoms with Crippen molar-refractivity contribution in [2.75, 3.05) is 13.1 Å². The van der Waals surface area contributed by atoms with E-state index in [0.717, 1.165) is 28.7 Å². The molecule has 0 aliphatic carbocycles. The molecule has 0 unspecified atom stereocenters. The maximum absolute atomic E-state index is 8.34. The van der Waals surface area contributed by atoms with E-state index < -0.39 is 16.6 Å². The molecule has 0 aromatic heterocycles. The van der Waals surface area contributed by atoms with Gasteiger partial charge in [0.15, 0.2) is 16.6 Å². The zero-order valence-electron chi connectivity index (χ0n) is 26.8. The van der Waals surface area contributed by atoms with Gasteiger partial charge in [-0.15, -0.1) is 0 Å². The lowest BCUT2D eigenvalue weighted by molar-refractivity contribution is 0.276. The number of nitrogens with zero attached hydrogens (tertiary/aromatic N) is 3. The Balaban J connectivity index is 0.000000422. The molecule has 0 atom stereocenters. The first kappa shape index (κ1) is 39.2. The van der Waals surface area contributed by atoms with Crippen molar-refractivity contribution in [2.24, 2.45) is 10.8 Å². The standard InChI is InChI=1S/C15H23Cl2N3OSi.C15H25Cl2NOSi/c1-15(2,3)22(4,5)21-10-12-8-11(6-7-19-20-18)9-13(16)14(12)17;1-15(2,3)20(4,5)19-10-12-8-11(6-7-18)9-13(16)14(12)17/h8-9H,6-7,10H2,1-5H3;8-9H,6-7,10,18H2,1-5H3. The number of halogens is 4. The zero-order chi connectivity index (χ0) is 32.5. The Morgan fingerprint density at radius 1 is 0.738 bits per heavy atom. The second-order valence-electron chi connectivity index (χ2n) is 13.4. The van der Waals surface area contributed by atoms with Crippen LogP contribution in [0.1, 0.15) is 63.8 Å². The minimum Gasteiger partial charge on any atom is -0.413 e. The molecule has 2 aromatic carbocycles. The summed E-state index contributed by atoms with van der Waals surface area (Å²) in [7, 11) is -3.64. The highest BCUT2D eigenvalue weighted by Gasteiger charge is 2.38. The van der Waals surface area contributed by atoms with E-state index in [-0.39, 0.29) is 10.1 Å². The molecule has 6 nitrogen and oxygen atoms in total. The molecule has 0 fully saturated rings. The van der Waals surface area contributed by atoms with Crippen LogP contribution in [0.4, 0.5) is 0 Å². The fourth-order valence-electron chi connectivity index (χ4n) is 3.26. The molecule has 236 valence electrons. The van der Waals surface area contributed by atoms with Crippen LogP contribution < -0.4 is 5.73 Å². The van der Waals surface area contributed by atoms with Crippen molar-refractivity contribution in [3.8, 4) is 0 Å². The number of azide groups is 1. The number of rotatable bonds is 11. The molecule has 0 bridgehead atoms. The Bertz CT molecular complexity index is 1240. The van der Waals surface area contributed by atoms with Crippen molar-refractivity contribution in [3.63, 3.8) is 0 Å². The maximum atomic E-state index is 8.34. The second kappa shape index (κ2) is 16.5. The average molecular weight is 695 g/mol. The van der Waals surface area contributed by atoms with Gasteiger partial charge in [-0.2, -0.15) is 0 Å². The van der Waals surface area contributed by atoms with Gasteiger partial charge in [0, 0.05) is 11.5 Å². The van der Waals surface area contributed by atoms with E-state index in [4.69, 9.17) is 66.5 Å². The first-order valence-corrected chi connectivity index (χ1v) is 21.4. The summed E-state index contributed by atoms with van der Waals surface area (Å²) in [6, 6.07) is 7.72.